The molecule has 4 N–H and O–H groups in total. The van der Waals surface area contributed by atoms with Crippen LogP contribution in [-0.4, -0.2) is 26.0 Å². The van der Waals surface area contributed by atoms with Crippen LogP contribution in [0.5, 0.6) is 0 Å². The van der Waals surface area contributed by atoms with Crippen molar-refractivity contribution in [2.24, 2.45) is 0 Å². The first kappa shape index (κ1) is 14.7. The smallest absolute Gasteiger partial charge is 0.335 e. The maximum absolute atomic E-state index is 11.1. The molecule has 0 aliphatic heterocycles. The molecule has 0 fully saturated rings. The van der Waals surface area contributed by atoms with Gasteiger partial charge in [0, 0.05) is 11.6 Å². The molecule has 0 amide bonds. The first-order chi connectivity index (χ1) is 11.0. The van der Waals surface area contributed by atoms with Gasteiger partial charge >= 0.3 is 5.97 Å². The van der Waals surface area contributed by atoms with Crippen molar-refractivity contribution in [1.29, 1.82) is 0 Å². The van der Waals surface area contributed by atoms with Crippen LogP contribution in [0.25, 0.3) is 10.9 Å². The van der Waals surface area contributed by atoms with Crippen LogP contribution in [-0.2, 0) is 0 Å². The predicted molar refractivity (Wildman–Crippen MR) is 87.2 cm³/mol. The van der Waals surface area contributed by atoms with Crippen LogP contribution in [0.2, 0.25) is 0 Å². The lowest BCUT2D eigenvalue weighted by Crippen LogP contribution is -2.11. The lowest BCUT2D eigenvalue weighted by atomic mass is 10.1. The molecule has 1 aromatic carbocycles. The van der Waals surface area contributed by atoms with Gasteiger partial charge in [-0.1, -0.05) is 6.07 Å². The number of anilines is 2. The molecule has 1 atom stereocenters. The number of carbonyl (C=O) groups is 1. The number of hydrogen-bond donors (Lipinski definition) is 3. The SMILES string of the molecule is CC(Nc1nc(N)nc2cc(C(=O)O)ccc12)c1ccccn1. The fourth-order valence-electron chi connectivity index (χ4n) is 2.30. The van der Waals surface area contributed by atoms with Crippen molar-refractivity contribution >= 4 is 28.6 Å². The Morgan fingerprint density at radius 3 is 2.78 bits per heavy atom. The molecule has 0 radical (unpaired) electrons. The van der Waals surface area contributed by atoms with Crippen molar-refractivity contribution in [3.8, 4) is 0 Å². The summed E-state index contributed by atoms with van der Waals surface area (Å²) < 4.78 is 0. The summed E-state index contributed by atoms with van der Waals surface area (Å²) >= 11 is 0. The van der Waals surface area contributed by atoms with Gasteiger partial charge in [0.1, 0.15) is 5.82 Å². The Bertz CT molecular complexity index is 867. The second kappa shape index (κ2) is 5.88. The summed E-state index contributed by atoms with van der Waals surface area (Å²) in [5.41, 5.74) is 7.23. The summed E-state index contributed by atoms with van der Waals surface area (Å²) in [7, 11) is 0. The summed E-state index contributed by atoms with van der Waals surface area (Å²) in [6, 6.07) is 10.2. The molecule has 0 bridgehead atoms. The van der Waals surface area contributed by atoms with E-state index in [9.17, 15) is 4.79 Å². The van der Waals surface area contributed by atoms with Gasteiger partial charge in [-0.2, -0.15) is 4.98 Å². The fraction of sp³-hybridized carbons (Fsp3) is 0.125. The highest BCUT2D eigenvalue weighted by Gasteiger charge is 2.13. The molecule has 0 spiro atoms. The number of fused-ring (bicyclic) bond motifs is 1. The number of hydrogen-bond acceptors (Lipinski definition) is 6. The molecule has 3 rings (SSSR count). The van der Waals surface area contributed by atoms with Crippen molar-refractivity contribution in [2.75, 3.05) is 11.1 Å². The molecular weight excluding hydrogens is 294 g/mol. The maximum Gasteiger partial charge on any atom is 0.335 e. The molecule has 1 unspecified atom stereocenters. The van der Waals surface area contributed by atoms with Gasteiger partial charge in [-0.05, 0) is 37.3 Å². The standard InChI is InChI=1S/C16H15N5O2/c1-9(12-4-2-3-7-18-12)19-14-11-6-5-10(15(22)23)8-13(11)20-16(17)21-14/h2-9H,1H3,(H,22,23)(H3,17,19,20,21). The molecule has 0 saturated heterocycles. The number of pyridine rings is 1. The largest absolute Gasteiger partial charge is 0.478 e. The van der Waals surface area contributed by atoms with Gasteiger partial charge in [-0.15, -0.1) is 0 Å². The summed E-state index contributed by atoms with van der Waals surface area (Å²) in [4.78, 5) is 23.7. The zero-order valence-electron chi connectivity index (χ0n) is 12.4. The van der Waals surface area contributed by atoms with Crippen LogP contribution in [0.15, 0.2) is 42.6 Å². The van der Waals surface area contributed by atoms with Gasteiger partial charge in [0.05, 0.1) is 22.8 Å². The zero-order chi connectivity index (χ0) is 16.4. The maximum atomic E-state index is 11.1. The van der Waals surface area contributed by atoms with Gasteiger partial charge < -0.3 is 16.2 Å². The Hall–Kier alpha value is -3.22. The van der Waals surface area contributed by atoms with Crippen LogP contribution in [0.4, 0.5) is 11.8 Å². The van der Waals surface area contributed by atoms with E-state index in [1.165, 1.54) is 12.1 Å². The molecule has 2 aromatic heterocycles. The highest BCUT2D eigenvalue weighted by Crippen LogP contribution is 2.25. The van der Waals surface area contributed by atoms with E-state index < -0.39 is 5.97 Å². The first-order valence-electron chi connectivity index (χ1n) is 7.02. The number of nitrogens with one attached hydrogen (secondary N) is 1. The van der Waals surface area contributed by atoms with Crippen LogP contribution < -0.4 is 11.1 Å². The van der Waals surface area contributed by atoms with E-state index in [-0.39, 0.29) is 17.6 Å². The normalized spacial score (nSPS) is 12.0. The van der Waals surface area contributed by atoms with Crippen molar-refractivity contribution < 1.29 is 9.90 Å². The Morgan fingerprint density at radius 1 is 1.26 bits per heavy atom. The number of carboxylic acids is 1. The average Bonchev–Trinajstić information content (AvgIpc) is 2.54. The molecule has 0 saturated carbocycles. The third-order valence-corrected chi connectivity index (χ3v) is 3.45. The van der Waals surface area contributed by atoms with Crippen molar-refractivity contribution in [3.63, 3.8) is 0 Å². The Labute approximate surface area is 132 Å². The first-order valence-corrected chi connectivity index (χ1v) is 7.02. The van der Waals surface area contributed by atoms with Crippen LogP contribution in [0.3, 0.4) is 0 Å². The van der Waals surface area contributed by atoms with Gasteiger partial charge in [-0.25, -0.2) is 9.78 Å². The minimum atomic E-state index is -1.01. The lowest BCUT2D eigenvalue weighted by Gasteiger charge is -2.16. The van der Waals surface area contributed by atoms with Crippen molar-refractivity contribution in [2.45, 2.75) is 13.0 Å². The molecule has 3 aromatic rings. The molecule has 23 heavy (non-hydrogen) atoms. The molecule has 0 aliphatic rings. The van der Waals surface area contributed by atoms with E-state index in [0.717, 1.165) is 5.69 Å². The molecule has 2 heterocycles. The number of rotatable bonds is 4. The van der Waals surface area contributed by atoms with Gasteiger partial charge in [0.15, 0.2) is 0 Å². The van der Waals surface area contributed by atoms with E-state index in [1.807, 2.05) is 25.1 Å². The molecule has 7 heteroatoms. The third kappa shape index (κ3) is 3.03. The van der Waals surface area contributed by atoms with Crippen molar-refractivity contribution in [3.05, 3.63) is 53.9 Å². The molecule has 0 aliphatic carbocycles. The lowest BCUT2D eigenvalue weighted by molar-refractivity contribution is 0.0697. The number of nitrogens with two attached hydrogens (primary N) is 1. The highest BCUT2D eigenvalue weighted by atomic mass is 16.4. The van der Waals surface area contributed by atoms with E-state index in [0.29, 0.717) is 16.7 Å². The number of carboxylic acid groups (broad SMARTS) is 1. The number of aromatic carboxylic acids is 1. The Balaban J connectivity index is 2.02. The monoisotopic (exact) mass is 309 g/mol. The summed E-state index contributed by atoms with van der Waals surface area (Å²) in [6.07, 6.45) is 1.72. The summed E-state index contributed by atoms with van der Waals surface area (Å²) in [6.45, 7) is 1.96. The molecule has 116 valence electrons. The second-order valence-electron chi connectivity index (χ2n) is 5.09. The predicted octanol–water partition coefficient (Wildman–Crippen LogP) is 2.48. The van der Waals surface area contributed by atoms with Crippen LogP contribution in [0.1, 0.15) is 29.0 Å². The average molecular weight is 309 g/mol. The topological polar surface area (TPSA) is 114 Å². The number of nitrogen functional groups attached to an aromatic ring is 1. The van der Waals surface area contributed by atoms with Crippen LogP contribution >= 0.6 is 0 Å². The van der Waals surface area contributed by atoms with E-state index in [1.54, 1.807) is 12.3 Å². The highest BCUT2D eigenvalue weighted by molar-refractivity contribution is 5.96. The van der Waals surface area contributed by atoms with Crippen molar-refractivity contribution in [1.82, 2.24) is 15.0 Å². The summed E-state index contributed by atoms with van der Waals surface area (Å²) in [5, 5.41) is 13.0. The molecular formula is C16H15N5O2. The minimum absolute atomic E-state index is 0.0794. The third-order valence-electron chi connectivity index (χ3n) is 3.45. The number of aromatic nitrogens is 3. The summed E-state index contributed by atoms with van der Waals surface area (Å²) in [5.74, 6) is -0.390. The van der Waals surface area contributed by atoms with Gasteiger partial charge in [0.25, 0.3) is 0 Å². The zero-order valence-corrected chi connectivity index (χ0v) is 12.4. The minimum Gasteiger partial charge on any atom is -0.478 e. The number of nitrogens with zero attached hydrogens (tertiary/aromatic N) is 3. The second-order valence-corrected chi connectivity index (χ2v) is 5.09. The number of benzene rings is 1. The fourth-order valence-corrected chi connectivity index (χ4v) is 2.30. The Morgan fingerprint density at radius 2 is 2.09 bits per heavy atom. The van der Waals surface area contributed by atoms with Gasteiger partial charge in [-0.3, -0.25) is 4.98 Å². The van der Waals surface area contributed by atoms with E-state index in [4.69, 9.17) is 10.8 Å². The van der Waals surface area contributed by atoms with E-state index in [2.05, 4.69) is 20.3 Å². The van der Waals surface area contributed by atoms with Crippen LogP contribution in [0, 0.1) is 0 Å². The quantitative estimate of drug-likeness (QED) is 0.678. The Kier molecular flexibility index (Phi) is 3.76. The van der Waals surface area contributed by atoms with Gasteiger partial charge in [0.2, 0.25) is 5.95 Å². The molecule has 7 nitrogen and oxygen atoms in total. The van der Waals surface area contributed by atoms with E-state index >= 15 is 0 Å².